The largest absolute Gasteiger partial charge is 0.618 e. The van der Waals surface area contributed by atoms with Gasteiger partial charge in [0.15, 0.2) is 6.20 Å². The summed E-state index contributed by atoms with van der Waals surface area (Å²) >= 11 is 5.78. The lowest BCUT2D eigenvalue weighted by atomic mass is 10.2. The van der Waals surface area contributed by atoms with Crippen LogP contribution in [0, 0.1) is 5.21 Å². The molecule has 1 saturated heterocycles. The summed E-state index contributed by atoms with van der Waals surface area (Å²) in [7, 11) is 0. The summed E-state index contributed by atoms with van der Waals surface area (Å²) in [6.07, 6.45) is 1.26. The summed E-state index contributed by atoms with van der Waals surface area (Å²) < 4.78 is 5.63. The molecule has 2 heterocycles. The van der Waals surface area contributed by atoms with Gasteiger partial charge in [-0.3, -0.25) is 4.79 Å². The maximum absolute atomic E-state index is 12.0. The van der Waals surface area contributed by atoms with Gasteiger partial charge in [-0.05, 0) is 17.7 Å². The molecular formula is C10H11ClN2O3. The van der Waals surface area contributed by atoms with E-state index >= 15 is 0 Å². The van der Waals surface area contributed by atoms with E-state index in [0.29, 0.717) is 31.0 Å². The van der Waals surface area contributed by atoms with Gasteiger partial charge in [-0.25, -0.2) is 0 Å². The molecule has 5 nitrogen and oxygen atoms in total. The standard InChI is InChI=1S/C10H11ClN2O3/c11-9-8(2-1-3-13(9)15)10(14)12-4-6-16-7-5-12/h1-3H,4-7H2. The third-order valence-corrected chi connectivity index (χ3v) is 2.80. The molecule has 1 amide bonds. The van der Waals surface area contributed by atoms with Gasteiger partial charge >= 0.3 is 0 Å². The van der Waals surface area contributed by atoms with E-state index in [0.717, 1.165) is 0 Å². The van der Waals surface area contributed by atoms with Gasteiger partial charge in [0.05, 0.1) is 13.2 Å². The van der Waals surface area contributed by atoms with Gasteiger partial charge in [0.2, 0.25) is 0 Å². The number of hydrogen-bond donors (Lipinski definition) is 0. The predicted octanol–water partition coefficient (Wildman–Crippen LogP) is 0.446. The Bertz CT molecular complexity index is 405. The van der Waals surface area contributed by atoms with Gasteiger partial charge in [-0.1, -0.05) is 0 Å². The number of carbonyl (C=O) groups is 1. The lowest BCUT2D eigenvalue weighted by molar-refractivity contribution is -0.603. The number of halogens is 1. The molecule has 0 atom stereocenters. The number of pyridine rings is 1. The van der Waals surface area contributed by atoms with E-state index in [-0.39, 0.29) is 16.6 Å². The highest BCUT2D eigenvalue weighted by atomic mass is 35.5. The van der Waals surface area contributed by atoms with E-state index in [2.05, 4.69) is 0 Å². The minimum absolute atomic E-state index is 0.0843. The lowest BCUT2D eigenvalue weighted by Crippen LogP contribution is -2.42. The first-order chi connectivity index (χ1) is 7.70. The highest BCUT2D eigenvalue weighted by Crippen LogP contribution is 2.13. The van der Waals surface area contributed by atoms with Gasteiger partial charge in [-0.15, -0.1) is 0 Å². The van der Waals surface area contributed by atoms with Crippen molar-refractivity contribution in [3.63, 3.8) is 0 Å². The number of nitrogens with zero attached hydrogens (tertiary/aromatic N) is 2. The van der Waals surface area contributed by atoms with Crippen molar-refractivity contribution in [3.8, 4) is 0 Å². The SMILES string of the molecule is O=C(c1ccc[n+]([O-])c1Cl)N1CCOCC1. The van der Waals surface area contributed by atoms with Gasteiger partial charge in [0.25, 0.3) is 11.1 Å². The van der Waals surface area contributed by atoms with Crippen LogP contribution in [0.25, 0.3) is 0 Å². The molecule has 0 aliphatic carbocycles. The number of rotatable bonds is 1. The second-order valence-corrected chi connectivity index (χ2v) is 3.80. The van der Waals surface area contributed by atoms with Crippen molar-refractivity contribution in [1.29, 1.82) is 0 Å². The van der Waals surface area contributed by atoms with Crippen LogP contribution in [0.3, 0.4) is 0 Å². The molecule has 0 N–H and O–H groups in total. The Morgan fingerprint density at radius 2 is 2.19 bits per heavy atom. The van der Waals surface area contributed by atoms with E-state index in [1.165, 1.54) is 12.3 Å². The van der Waals surface area contributed by atoms with Crippen LogP contribution in [0.5, 0.6) is 0 Å². The summed E-state index contributed by atoms with van der Waals surface area (Å²) in [6, 6.07) is 3.06. The molecule has 0 radical (unpaired) electrons. The molecule has 1 aromatic rings. The van der Waals surface area contributed by atoms with Gasteiger partial charge in [0, 0.05) is 19.2 Å². The number of ether oxygens (including phenoxy) is 1. The van der Waals surface area contributed by atoms with E-state index < -0.39 is 0 Å². The molecule has 0 spiro atoms. The van der Waals surface area contributed by atoms with Crippen molar-refractivity contribution in [2.24, 2.45) is 0 Å². The monoisotopic (exact) mass is 242 g/mol. The molecule has 0 unspecified atom stereocenters. The fourth-order valence-corrected chi connectivity index (χ4v) is 1.77. The maximum Gasteiger partial charge on any atom is 0.299 e. The van der Waals surface area contributed by atoms with Crippen molar-refractivity contribution >= 4 is 17.5 Å². The van der Waals surface area contributed by atoms with Crippen molar-refractivity contribution in [1.82, 2.24) is 4.90 Å². The molecule has 1 fully saturated rings. The first-order valence-electron chi connectivity index (χ1n) is 4.95. The normalized spacial score (nSPS) is 16.2. The van der Waals surface area contributed by atoms with Crippen LogP contribution >= 0.6 is 11.6 Å². The first-order valence-corrected chi connectivity index (χ1v) is 5.32. The zero-order valence-corrected chi connectivity index (χ0v) is 9.31. The van der Waals surface area contributed by atoms with Crippen LogP contribution < -0.4 is 4.73 Å². The van der Waals surface area contributed by atoms with Crippen LogP contribution in [0.1, 0.15) is 10.4 Å². The second kappa shape index (κ2) is 4.67. The van der Waals surface area contributed by atoms with Crippen molar-refractivity contribution < 1.29 is 14.3 Å². The summed E-state index contributed by atoms with van der Waals surface area (Å²) in [5.74, 6) is -0.224. The molecule has 2 rings (SSSR count). The van der Waals surface area contributed by atoms with Gasteiger partial charge in [-0.2, -0.15) is 4.73 Å². The molecule has 1 aliphatic heterocycles. The Morgan fingerprint density at radius 3 is 2.88 bits per heavy atom. The zero-order chi connectivity index (χ0) is 11.5. The lowest BCUT2D eigenvalue weighted by Gasteiger charge is -2.26. The van der Waals surface area contributed by atoms with E-state index in [4.69, 9.17) is 16.3 Å². The molecule has 1 aliphatic rings. The fourth-order valence-electron chi connectivity index (χ4n) is 1.57. The third-order valence-electron chi connectivity index (χ3n) is 2.43. The number of amides is 1. The fraction of sp³-hybridized carbons (Fsp3) is 0.400. The number of carbonyl (C=O) groups excluding carboxylic acids is 1. The quantitative estimate of drug-likeness (QED) is 0.408. The smallest absolute Gasteiger partial charge is 0.299 e. The minimum Gasteiger partial charge on any atom is -0.618 e. The summed E-state index contributed by atoms with van der Waals surface area (Å²) in [4.78, 5) is 13.6. The van der Waals surface area contributed by atoms with Crippen molar-refractivity contribution in [2.75, 3.05) is 26.3 Å². The minimum atomic E-state index is -0.224. The van der Waals surface area contributed by atoms with Crippen LogP contribution in [0.2, 0.25) is 5.15 Å². The van der Waals surface area contributed by atoms with E-state index in [9.17, 15) is 10.0 Å². The Hall–Kier alpha value is -1.33. The number of hydrogen-bond acceptors (Lipinski definition) is 3. The molecule has 6 heteroatoms. The molecular weight excluding hydrogens is 232 g/mol. The molecule has 0 aromatic carbocycles. The zero-order valence-electron chi connectivity index (χ0n) is 8.56. The Kier molecular flexibility index (Phi) is 3.26. The topological polar surface area (TPSA) is 56.5 Å². The highest BCUT2D eigenvalue weighted by molar-refractivity contribution is 6.31. The predicted molar refractivity (Wildman–Crippen MR) is 57.1 cm³/mol. The molecule has 0 bridgehead atoms. The third kappa shape index (κ3) is 2.10. The van der Waals surface area contributed by atoms with E-state index in [1.807, 2.05) is 0 Å². The van der Waals surface area contributed by atoms with Crippen molar-refractivity contribution in [2.45, 2.75) is 0 Å². The second-order valence-electron chi connectivity index (χ2n) is 3.44. The summed E-state index contributed by atoms with van der Waals surface area (Å²) in [5.41, 5.74) is 0.237. The molecule has 86 valence electrons. The summed E-state index contributed by atoms with van der Waals surface area (Å²) in [5, 5.41) is 11.1. The van der Waals surface area contributed by atoms with Crippen molar-refractivity contribution in [3.05, 3.63) is 34.3 Å². The van der Waals surface area contributed by atoms with Crippen LogP contribution in [-0.4, -0.2) is 37.1 Å². The summed E-state index contributed by atoms with van der Waals surface area (Å²) in [6.45, 7) is 2.10. The average molecular weight is 243 g/mol. The van der Waals surface area contributed by atoms with Gasteiger partial charge < -0.3 is 14.8 Å². The molecule has 1 aromatic heterocycles. The molecule has 16 heavy (non-hydrogen) atoms. The number of aromatic nitrogens is 1. The maximum atomic E-state index is 12.0. The first kappa shape index (κ1) is 11.2. The van der Waals surface area contributed by atoms with Crippen LogP contribution in [-0.2, 0) is 4.74 Å². The molecule has 0 saturated carbocycles. The van der Waals surface area contributed by atoms with E-state index in [1.54, 1.807) is 11.0 Å². The van der Waals surface area contributed by atoms with Crippen LogP contribution in [0.15, 0.2) is 18.3 Å². The average Bonchev–Trinajstić information content (AvgIpc) is 2.33. The Balaban J connectivity index is 2.22. The number of morpholine rings is 1. The highest BCUT2D eigenvalue weighted by Gasteiger charge is 2.23. The van der Waals surface area contributed by atoms with Gasteiger partial charge in [0.1, 0.15) is 5.56 Å². The van der Waals surface area contributed by atoms with Crippen LogP contribution in [0.4, 0.5) is 0 Å². The Morgan fingerprint density at radius 1 is 1.50 bits per heavy atom. The Labute approximate surface area is 97.8 Å².